The minimum Gasteiger partial charge on any atom is -0.497 e. The van der Waals surface area contributed by atoms with E-state index in [0.717, 1.165) is 31.7 Å². The van der Waals surface area contributed by atoms with Gasteiger partial charge in [0.15, 0.2) is 0 Å². The van der Waals surface area contributed by atoms with Crippen molar-refractivity contribution in [1.29, 1.82) is 0 Å². The quantitative estimate of drug-likeness (QED) is 0.463. The fourth-order valence-corrected chi connectivity index (χ4v) is 4.02. The molecule has 4 aromatic rings. The van der Waals surface area contributed by atoms with Crippen LogP contribution in [0, 0.1) is 0 Å². The molecule has 26 heavy (non-hydrogen) atoms. The Morgan fingerprint density at radius 1 is 1.12 bits per heavy atom. The SMILES string of the molecule is COc1ccc(-c2csc3ncn(Cc4ccc(Br)cc4)c(=O)c23)cc1. The highest BCUT2D eigenvalue weighted by Crippen LogP contribution is 2.31. The molecule has 4 rings (SSSR count). The summed E-state index contributed by atoms with van der Waals surface area (Å²) in [5.41, 5.74) is 2.93. The smallest absolute Gasteiger partial charge is 0.263 e. The number of aromatic nitrogens is 2. The van der Waals surface area contributed by atoms with Gasteiger partial charge < -0.3 is 4.74 Å². The van der Waals surface area contributed by atoms with Crippen LogP contribution in [0.5, 0.6) is 5.75 Å². The van der Waals surface area contributed by atoms with Crippen LogP contribution >= 0.6 is 27.3 Å². The molecule has 4 nitrogen and oxygen atoms in total. The molecule has 2 heterocycles. The van der Waals surface area contributed by atoms with E-state index in [1.54, 1.807) is 18.0 Å². The molecule has 0 fully saturated rings. The predicted molar refractivity (Wildman–Crippen MR) is 109 cm³/mol. The van der Waals surface area contributed by atoms with Crippen molar-refractivity contribution in [3.63, 3.8) is 0 Å². The van der Waals surface area contributed by atoms with Crippen molar-refractivity contribution < 1.29 is 4.74 Å². The van der Waals surface area contributed by atoms with Gasteiger partial charge in [-0.05, 0) is 35.4 Å². The predicted octanol–water partition coefficient (Wildman–Crippen LogP) is 4.94. The fraction of sp³-hybridized carbons (Fsp3) is 0.100. The number of hydrogen-bond donors (Lipinski definition) is 0. The molecule has 0 radical (unpaired) electrons. The van der Waals surface area contributed by atoms with E-state index in [1.165, 1.54) is 11.3 Å². The van der Waals surface area contributed by atoms with Gasteiger partial charge >= 0.3 is 0 Å². The highest BCUT2D eigenvalue weighted by Gasteiger charge is 2.13. The minimum atomic E-state index is -0.0232. The molecule has 0 unspecified atom stereocenters. The summed E-state index contributed by atoms with van der Waals surface area (Å²) in [6.45, 7) is 0.493. The van der Waals surface area contributed by atoms with Crippen LogP contribution in [-0.4, -0.2) is 16.7 Å². The van der Waals surface area contributed by atoms with Gasteiger partial charge in [-0.1, -0.05) is 40.2 Å². The Hall–Kier alpha value is -2.44. The van der Waals surface area contributed by atoms with E-state index in [2.05, 4.69) is 20.9 Å². The third kappa shape index (κ3) is 3.18. The number of benzene rings is 2. The standard InChI is InChI=1S/C20H15BrN2O2S/c1-25-16-8-4-14(5-9-16)17-11-26-19-18(17)20(24)23(12-22-19)10-13-2-6-15(21)7-3-13/h2-9,11-12H,10H2,1H3. The third-order valence-corrected chi connectivity index (χ3v) is 5.64. The zero-order chi connectivity index (χ0) is 18.1. The molecule has 2 aromatic carbocycles. The lowest BCUT2D eigenvalue weighted by Gasteiger charge is -2.07. The van der Waals surface area contributed by atoms with E-state index in [0.29, 0.717) is 11.9 Å². The molecule has 0 aliphatic heterocycles. The van der Waals surface area contributed by atoms with E-state index in [-0.39, 0.29) is 5.56 Å². The zero-order valence-corrected chi connectivity index (χ0v) is 16.4. The summed E-state index contributed by atoms with van der Waals surface area (Å²) in [4.78, 5) is 18.3. The molecular weight excluding hydrogens is 412 g/mol. The van der Waals surface area contributed by atoms with E-state index >= 15 is 0 Å². The molecule has 0 N–H and O–H groups in total. The average Bonchev–Trinajstić information content (AvgIpc) is 3.11. The first-order valence-corrected chi connectivity index (χ1v) is 9.68. The molecule has 0 spiro atoms. The van der Waals surface area contributed by atoms with E-state index in [1.807, 2.05) is 53.9 Å². The Bertz CT molecular complexity index is 1120. The first-order valence-electron chi connectivity index (χ1n) is 8.01. The van der Waals surface area contributed by atoms with Gasteiger partial charge in [-0.25, -0.2) is 4.98 Å². The van der Waals surface area contributed by atoms with Crippen LogP contribution in [0.2, 0.25) is 0 Å². The highest BCUT2D eigenvalue weighted by atomic mass is 79.9. The number of hydrogen-bond acceptors (Lipinski definition) is 4. The van der Waals surface area contributed by atoms with Crippen molar-refractivity contribution in [2.24, 2.45) is 0 Å². The summed E-state index contributed by atoms with van der Waals surface area (Å²) >= 11 is 4.92. The Kier molecular flexibility index (Phi) is 4.61. The summed E-state index contributed by atoms with van der Waals surface area (Å²) in [6, 6.07) is 15.7. The summed E-state index contributed by atoms with van der Waals surface area (Å²) in [5, 5.41) is 2.66. The Labute approximate surface area is 162 Å². The first-order chi connectivity index (χ1) is 12.7. The number of methoxy groups -OCH3 is 1. The number of nitrogens with zero attached hydrogens (tertiary/aromatic N) is 2. The van der Waals surface area contributed by atoms with Crippen LogP contribution < -0.4 is 10.3 Å². The van der Waals surface area contributed by atoms with Crippen molar-refractivity contribution in [2.45, 2.75) is 6.54 Å². The number of ether oxygens (including phenoxy) is 1. The minimum absolute atomic E-state index is 0.0232. The van der Waals surface area contributed by atoms with Crippen molar-refractivity contribution in [1.82, 2.24) is 9.55 Å². The maximum atomic E-state index is 13.1. The lowest BCUT2D eigenvalue weighted by Crippen LogP contribution is -2.20. The molecule has 0 aliphatic carbocycles. The van der Waals surface area contributed by atoms with Crippen LogP contribution in [0.3, 0.4) is 0 Å². The molecule has 0 amide bonds. The molecule has 0 saturated heterocycles. The van der Waals surface area contributed by atoms with Crippen LogP contribution in [-0.2, 0) is 6.54 Å². The fourth-order valence-electron chi connectivity index (χ4n) is 2.85. The van der Waals surface area contributed by atoms with Gasteiger partial charge in [0.25, 0.3) is 5.56 Å². The van der Waals surface area contributed by atoms with Crippen LogP contribution in [0.4, 0.5) is 0 Å². The van der Waals surface area contributed by atoms with Crippen molar-refractivity contribution in [2.75, 3.05) is 7.11 Å². The van der Waals surface area contributed by atoms with Gasteiger partial charge in [-0.15, -0.1) is 11.3 Å². The molecule has 0 atom stereocenters. The maximum Gasteiger partial charge on any atom is 0.263 e. The van der Waals surface area contributed by atoms with Gasteiger partial charge in [-0.2, -0.15) is 0 Å². The third-order valence-electron chi connectivity index (χ3n) is 4.23. The van der Waals surface area contributed by atoms with Crippen molar-refractivity contribution in [3.8, 4) is 16.9 Å². The first kappa shape index (κ1) is 17.0. The van der Waals surface area contributed by atoms with Crippen LogP contribution in [0.15, 0.2) is 69.5 Å². The van der Waals surface area contributed by atoms with Crippen LogP contribution in [0.25, 0.3) is 21.3 Å². The van der Waals surface area contributed by atoms with Gasteiger partial charge in [0.2, 0.25) is 0 Å². The average molecular weight is 427 g/mol. The Morgan fingerprint density at radius 2 is 1.85 bits per heavy atom. The second kappa shape index (κ2) is 7.05. The number of rotatable bonds is 4. The molecule has 130 valence electrons. The molecule has 0 bridgehead atoms. The van der Waals surface area contributed by atoms with E-state index in [9.17, 15) is 4.79 Å². The highest BCUT2D eigenvalue weighted by molar-refractivity contribution is 9.10. The maximum absolute atomic E-state index is 13.1. The molecule has 6 heteroatoms. The Balaban J connectivity index is 1.78. The summed E-state index contributed by atoms with van der Waals surface area (Å²) in [7, 11) is 1.64. The van der Waals surface area contributed by atoms with Crippen molar-refractivity contribution >= 4 is 37.5 Å². The zero-order valence-electron chi connectivity index (χ0n) is 14.0. The topological polar surface area (TPSA) is 44.1 Å². The summed E-state index contributed by atoms with van der Waals surface area (Å²) < 4.78 is 7.89. The Morgan fingerprint density at radius 3 is 2.54 bits per heavy atom. The van der Waals surface area contributed by atoms with E-state index < -0.39 is 0 Å². The van der Waals surface area contributed by atoms with Gasteiger partial charge in [0.1, 0.15) is 10.6 Å². The monoisotopic (exact) mass is 426 g/mol. The van der Waals surface area contributed by atoms with Crippen molar-refractivity contribution in [3.05, 3.63) is 80.6 Å². The normalized spacial score (nSPS) is 11.0. The molecule has 0 aliphatic rings. The number of fused-ring (bicyclic) bond motifs is 1. The summed E-state index contributed by atoms with van der Waals surface area (Å²) in [5.74, 6) is 0.791. The molecular formula is C20H15BrN2O2S. The number of thiophene rings is 1. The largest absolute Gasteiger partial charge is 0.497 e. The lowest BCUT2D eigenvalue weighted by atomic mass is 10.1. The molecule has 2 aromatic heterocycles. The lowest BCUT2D eigenvalue weighted by molar-refractivity contribution is 0.415. The van der Waals surface area contributed by atoms with Gasteiger partial charge in [0.05, 0.1) is 25.4 Å². The number of halogens is 1. The summed E-state index contributed by atoms with van der Waals surface area (Å²) in [6.07, 6.45) is 1.63. The van der Waals surface area contributed by atoms with Gasteiger partial charge in [-0.3, -0.25) is 9.36 Å². The van der Waals surface area contributed by atoms with E-state index in [4.69, 9.17) is 4.74 Å². The second-order valence-corrected chi connectivity index (χ2v) is 7.64. The van der Waals surface area contributed by atoms with Gasteiger partial charge in [0, 0.05) is 15.4 Å². The molecule has 0 saturated carbocycles. The second-order valence-electron chi connectivity index (χ2n) is 5.86. The van der Waals surface area contributed by atoms with Crippen LogP contribution in [0.1, 0.15) is 5.56 Å².